The molecule has 156 valence electrons. The number of carboxylic acid groups (broad SMARTS) is 1. The summed E-state index contributed by atoms with van der Waals surface area (Å²) in [6.45, 7) is 1.84. The summed E-state index contributed by atoms with van der Waals surface area (Å²) >= 11 is 5.76. The minimum absolute atomic E-state index is 0.0688. The van der Waals surface area contributed by atoms with Crippen LogP contribution in [0.2, 0.25) is 5.02 Å². The molecule has 0 heterocycles. The Kier molecular flexibility index (Phi) is 5.61. The molecule has 0 saturated heterocycles. The molecule has 1 aliphatic rings. The Hall–Kier alpha value is -3.44. The molecular formula is C25H17ClF2O3. The van der Waals surface area contributed by atoms with Crippen molar-refractivity contribution in [2.75, 3.05) is 0 Å². The fourth-order valence-corrected chi connectivity index (χ4v) is 3.78. The minimum Gasteiger partial charge on any atom is -0.481 e. The number of aliphatic carboxylic acids is 1. The summed E-state index contributed by atoms with van der Waals surface area (Å²) in [5.41, 5.74) is 4.47. The number of carboxylic acids is 1. The quantitative estimate of drug-likeness (QED) is 0.457. The summed E-state index contributed by atoms with van der Waals surface area (Å²) in [6, 6.07) is 15.6. The molecule has 3 aromatic rings. The standard InChI is InChI=1S/C25H17ClF2O3/c1-14-20(19-8-5-17(27)12-22(19)21(14)13-25(29)30)10-15-2-6-18(7-3-15)31-24-9-4-16(26)11-23(24)28/h2-12H,13H2,1H3,(H,29,30)/b20-10+. The van der Waals surface area contributed by atoms with Crippen LogP contribution in [0.25, 0.3) is 17.2 Å². The van der Waals surface area contributed by atoms with Gasteiger partial charge in [-0.3, -0.25) is 4.79 Å². The van der Waals surface area contributed by atoms with Gasteiger partial charge in [0.2, 0.25) is 0 Å². The van der Waals surface area contributed by atoms with Crippen molar-refractivity contribution in [2.24, 2.45) is 0 Å². The largest absolute Gasteiger partial charge is 0.481 e. The number of fused-ring (bicyclic) bond motifs is 1. The van der Waals surface area contributed by atoms with Crippen LogP contribution in [0.5, 0.6) is 11.5 Å². The van der Waals surface area contributed by atoms with Gasteiger partial charge in [0.25, 0.3) is 0 Å². The van der Waals surface area contributed by atoms with Crippen molar-refractivity contribution in [1.82, 2.24) is 0 Å². The molecule has 0 aliphatic heterocycles. The normalized spacial score (nSPS) is 14.1. The number of hydrogen-bond acceptors (Lipinski definition) is 2. The van der Waals surface area contributed by atoms with Gasteiger partial charge in [-0.15, -0.1) is 0 Å². The third kappa shape index (κ3) is 4.37. The van der Waals surface area contributed by atoms with Crippen LogP contribution in [0.1, 0.15) is 30.0 Å². The van der Waals surface area contributed by atoms with Crippen LogP contribution < -0.4 is 4.74 Å². The van der Waals surface area contributed by atoms with Gasteiger partial charge in [-0.2, -0.15) is 0 Å². The van der Waals surface area contributed by atoms with Gasteiger partial charge in [0.1, 0.15) is 11.6 Å². The second-order valence-electron chi connectivity index (χ2n) is 7.17. The smallest absolute Gasteiger partial charge is 0.307 e. The molecule has 1 aliphatic carbocycles. The number of benzene rings is 3. The van der Waals surface area contributed by atoms with E-state index in [2.05, 4.69) is 0 Å². The Balaban J connectivity index is 1.65. The number of carbonyl (C=O) groups is 1. The molecular weight excluding hydrogens is 422 g/mol. The zero-order valence-corrected chi connectivity index (χ0v) is 17.2. The van der Waals surface area contributed by atoms with Crippen LogP contribution in [0.4, 0.5) is 8.78 Å². The van der Waals surface area contributed by atoms with Gasteiger partial charge in [-0.1, -0.05) is 29.8 Å². The van der Waals surface area contributed by atoms with Gasteiger partial charge < -0.3 is 9.84 Å². The van der Waals surface area contributed by atoms with Gasteiger partial charge in [-0.25, -0.2) is 8.78 Å². The Morgan fingerprint density at radius 1 is 1.03 bits per heavy atom. The third-order valence-electron chi connectivity index (χ3n) is 5.09. The maximum atomic E-state index is 13.9. The van der Waals surface area contributed by atoms with E-state index < -0.39 is 17.6 Å². The van der Waals surface area contributed by atoms with Crippen molar-refractivity contribution in [3.05, 3.63) is 99.6 Å². The highest BCUT2D eigenvalue weighted by molar-refractivity contribution is 6.30. The molecule has 0 radical (unpaired) electrons. The molecule has 6 heteroatoms. The first kappa shape index (κ1) is 20.8. The molecule has 0 fully saturated rings. The van der Waals surface area contributed by atoms with Crippen molar-refractivity contribution in [2.45, 2.75) is 13.3 Å². The van der Waals surface area contributed by atoms with E-state index in [1.54, 1.807) is 24.3 Å². The molecule has 0 unspecified atom stereocenters. The molecule has 0 spiro atoms. The molecule has 0 amide bonds. The van der Waals surface area contributed by atoms with Crippen LogP contribution in [-0.2, 0) is 4.79 Å². The predicted octanol–water partition coefficient (Wildman–Crippen LogP) is 7.21. The summed E-state index contributed by atoms with van der Waals surface area (Å²) in [5.74, 6) is -1.41. The zero-order chi connectivity index (χ0) is 22.1. The van der Waals surface area contributed by atoms with Crippen LogP contribution in [0.3, 0.4) is 0 Å². The topological polar surface area (TPSA) is 46.5 Å². The van der Waals surface area contributed by atoms with E-state index >= 15 is 0 Å². The lowest BCUT2D eigenvalue weighted by atomic mass is 10.0. The molecule has 3 aromatic carbocycles. The van der Waals surface area contributed by atoms with Gasteiger partial charge in [0.15, 0.2) is 11.6 Å². The molecule has 3 nitrogen and oxygen atoms in total. The third-order valence-corrected chi connectivity index (χ3v) is 5.33. The number of allylic oxidation sites excluding steroid dienone is 2. The average molecular weight is 439 g/mol. The van der Waals surface area contributed by atoms with Crippen molar-refractivity contribution >= 4 is 34.8 Å². The molecule has 0 saturated carbocycles. The number of hydrogen-bond donors (Lipinski definition) is 1. The molecule has 4 rings (SSSR count). The fourth-order valence-electron chi connectivity index (χ4n) is 3.62. The summed E-state index contributed by atoms with van der Waals surface area (Å²) in [7, 11) is 0. The monoisotopic (exact) mass is 438 g/mol. The predicted molar refractivity (Wildman–Crippen MR) is 117 cm³/mol. The van der Waals surface area contributed by atoms with Crippen molar-refractivity contribution in [3.8, 4) is 11.5 Å². The van der Waals surface area contributed by atoms with Crippen molar-refractivity contribution in [1.29, 1.82) is 0 Å². The van der Waals surface area contributed by atoms with Crippen molar-refractivity contribution < 1.29 is 23.4 Å². The molecule has 0 atom stereocenters. The Bertz CT molecular complexity index is 1240. The molecule has 0 aromatic heterocycles. The minimum atomic E-state index is -0.971. The second kappa shape index (κ2) is 8.36. The summed E-state index contributed by atoms with van der Waals surface area (Å²) in [6.07, 6.45) is 1.73. The van der Waals surface area contributed by atoms with E-state index in [1.807, 2.05) is 25.1 Å². The highest BCUT2D eigenvalue weighted by Gasteiger charge is 2.25. The lowest BCUT2D eigenvalue weighted by Crippen LogP contribution is -1.97. The van der Waals surface area contributed by atoms with E-state index in [4.69, 9.17) is 16.3 Å². The highest BCUT2D eigenvalue weighted by Crippen LogP contribution is 2.44. The van der Waals surface area contributed by atoms with Gasteiger partial charge in [-0.05, 0) is 88.9 Å². The number of rotatable bonds is 5. The number of ether oxygens (including phenoxy) is 1. The Morgan fingerprint density at radius 3 is 2.45 bits per heavy atom. The fraction of sp³-hybridized carbons (Fsp3) is 0.0800. The summed E-state index contributed by atoms with van der Waals surface area (Å²) in [4.78, 5) is 11.3. The summed E-state index contributed by atoms with van der Waals surface area (Å²) < 4.78 is 33.3. The van der Waals surface area contributed by atoms with E-state index in [1.165, 1.54) is 24.3 Å². The van der Waals surface area contributed by atoms with Crippen LogP contribution in [0.15, 0.2) is 66.2 Å². The second-order valence-corrected chi connectivity index (χ2v) is 7.60. The first-order valence-corrected chi connectivity index (χ1v) is 9.86. The average Bonchev–Trinajstić information content (AvgIpc) is 2.96. The first-order chi connectivity index (χ1) is 14.8. The van der Waals surface area contributed by atoms with E-state index in [0.717, 1.165) is 22.3 Å². The highest BCUT2D eigenvalue weighted by atomic mass is 35.5. The first-order valence-electron chi connectivity index (χ1n) is 9.48. The maximum Gasteiger partial charge on any atom is 0.307 e. The SMILES string of the molecule is CC1=C(CC(=O)O)c2cc(F)ccc2/C1=C/c1ccc(Oc2ccc(Cl)cc2F)cc1. The van der Waals surface area contributed by atoms with Crippen LogP contribution in [0, 0.1) is 11.6 Å². The molecule has 31 heavy (non-hydrogen) atoms. The van der Waals surface area contributed by atoms with Gasteiger partial charge in [0, 0.05) is 5.02 Å². The molecule has 0 bridgehead atoms. The number of halogens is 3. The van der Waals surface area contributed by atoms with Gasteiger partial charge in [0.05, 0.1) is 6.42 Å². The Morgan fingerprint density at radius 2 is 1.77 bits per heavy atom. The van der Waals surface area contributed by atoms with E-state index in [0.29, 0.717) is 16.9 Å². The Labute approximate surface area is 182 Å². The van der Waals surface area contributed by atoms with Crippen LogP contribution >= 0.6 is 11.6 Å². The van der Waals surface area contributed by atoms with E-state index in [-0.39, 0.29) is 17.2 Å². The summed E-state index contributed by atoms with van der Waals surface area (Å²) in [5, 5.41) is 9.54. The lowest BCUT2D eigenvalue weighted by molar-refractivity contribution is -0.135. The van der Waals surface area contributed by atoms with Gasteiger partial charge >= 0.3 is 5.97 Å². The maximum absolute atomic E-state index is 13.9. The van der Waals surface area contributed by atoms with Crippen molar-refractivity contribution in [3.63, 3.8) is 0 Å². The molecule has 1 N–H and O–H groups in total. The van der Waals surface area contributed by atoms with E-state index in [9.17, 15) is 18.7 Å². The lowest BCUT2D eigenvalue weighted by Gasteiger charge is -2.08. The zero-order valence-electron chi connectivity index (χ0n) is 16.5. The van der Waals surface area contributed by atoms with Crippen LogP contribution in [-0.4, -0.2) is 11.1 Å².